The summed E-state index contributed by atoms with van der Waals surface area (Å²) in [5, 5.41) is 2.85. The van der Waals surface area contributed by atoms with Crippen LogP contribution < -0.4 is 5.32 Å². The Kier molecular flexibility index (Phi) is 9.31. The van der Waals surface area contributed by atoms with E-state index >= 15 is 0 Å². The summed E-state index contributed by atoms with van der Waals surface area (Å²) in [4.78, 5) is 24.2. The first kappa shape index (κ1) is 19.9. The van der Waals surface area contributed by atoms with Crippen molar-refractivity contribution in [3.8, 4) is 0 Å². The molecular formula is C17H33NO3. The van der Waals surface area contributed by atoms with E-state index < -0.39 is 11.6 Å². The number of hydrogen-bond donors (Lipinski definition) is 1. The van der Waals surface area contributed by atoms with Crippen LogP contribution in [-0.4, -0.2) is 23.5 Å². The molecule has 0 aromatic carbocycles. The quantitative estimate of drug-likeness (QED) is 0.520. The van der Waals surface area contributed by atoms with Crippen molar-refractivity contribution in [2.75, 3.05) is 0 Å². The van der Waals surface area contributed by atoms with Crippen LogP contribution >= 0.6 is 0 Å². The van der Waals surface area contributed by atoms with Gasteiger partial charge in [-0.2, -0.15) is 0 Å². The molecule has 0 aliphatic heterocycles. The molecule has 124 valence electrons. The predicted molar refractivity (Wildman–Crippen MR) is 86.0 cm³/mol. The second-order valence-corrected chi connectivity index (χ2v) is 6.77. The summed E-state index contributed by atoms with van der Waals surface area (Å²) in [6, 6.07) is -0.548. The normalized spacial score (nSPS) is 14.4. The maximum absolute atomic E-state index is 12.2. The molecule has 4 nitrogen and oxygen atoms in total. The highest BCUT2D eigenvalue weighted by atomic mass is 16.6. The van der Waals surface area contributed by atoms with Gasteiger partial charge < -0.3 is 10.1 Å². The van der Waals surface area contributed by atoms with Gasteiger partial charge in [-0.3, -0.25) is 4.79 Å². The molecule has 0 aliphatic rings. The van der Waals surface area contributed by atoms with E-state index in [2.05, 4.69) is 12.2 Å². The summed E-state index contributed by atoms with van der Waals surface area (Å²) < 4.78 is 5.41. The predicted octanol–water partition coefficient (Wildman–Crippen LogP) is 3.83. The minimum atomic E-state index is -0.548. The van der Waals surface area contributed by atoms with E-state index in [1.54, 1.807) is 0 Å². The number of ether oxygens (including phenoxy) is 1. The zero-order chi connectivity index (χ0) is 16.5. The third kappa shape index (κ3) is 9.48. The fourth-order valence-electron chi connectivity index (χ4n) is 1.99. The lowest BCUT2D eigenvalue weighted by molar-refractivity contribution is -0.160. The van der Waals surface area contributed by atoms with Gasteiger partial charge in [-0.1, -0.05) is 46.5 Å². The molecule has 0 aromatic heterocycles. The minimum absolute atomic E-state index is 0.0535. The highest BCUT2D eigenvalue weighted by molar-refractivity contribution is 5.84. The van der Waals surface area contributed by atoms with Crippen LogP contribution in [0.15, 0.2) is 0 Å². The molecule has 0 aromatic rings. The van der Waals surface area contributed by atoms with Crippen LogP contribution in [0.3, 0.4) is 0 Å². The molecule has 0 rings (SSSR count). The molecule has 1 N–H and O–H groups in total. The third-order valence-corrected chi connectivity index (χ3v) is 3.45. The lowest BCUT2D eigenvalue weighted by Crippen LogP contribution is -2.47. The molecule has 0 fully saturated rings. The number of unbranched alkanes of at least 4 members (excludes halogenated alkanes) is 3. The zero-order valence-electron chi connectivity index (χ0n) is 14.6. The first-order valence-corrected chi connectivity index (χ1v) is 8.23. The Bertz CT molecular complexity index is 320. The zero-order valence-corrected chi connectivity index (χ0v) is 14.6. The molecule has 0 aliphatic carbocycles. The van der Waals surface area contributed by atoms with Gasteiger partial charge in [-0.25, -0.2) is 4.79 Å². The number of esters is 1. The number of rotatable bonds is 9. The summed E-state index contributed by atoms with van der Waals surface area (Å²) in [6.07, 6.45) is 5.53. The van der Waals surface area contributed by atoms with E-state index in [0.717, 1.165) is 32.1 Å². The Morgan fingerprint density at radius 1 is 1.10 bits per heavy atom. The van der Waals surface area contributed by atoms with Crippen LogP contribution in [-0.2, 0) is 14.3 Å². The number of nitrogens with one attached hydrogen (secondary N) is 1. The van der Waals surface area contributed by atoms with Crippen molar-refractivity contribution in [1.29, 1.82) is 0 Å². The summed E-state index contributed by atoms with van der Waals surface area (Å²) in [7, 11) is 0. The summed E-state index contributed by atoms with van der Waals surface area (Å²) >= 11 is 0. The monoisotopic (exact) mass is 299 g/mol. The Labute approximate surface area is 130 Å². The molecule has 1 amide bonds. The number of amides is 1. The van der Waals surface area contributed by atoms with Crippen molar-refractivity contribution >= 4 is 11.9 Å². The second kappa shape index (κ2) is 9.80. The Balaban J connectivity index is 4.49. The van der Waals surface area contributed by atoms with Crippen molar-refractivity contribution < 1.29 is 14.3 Å². The summed E-state index contributed by atoms with van der Waals surface area (Å²) in [6.45, 7) is 11.6. The van der Waals surface area contributed by atoms with Gasteiger partial charge in [0.05, 0.1) is 0 Å². The van der Waals surface area contributed by atoms with Crippen molar-refractivity contribution in [1.82, 2.24) is 5.32 Å². The summed E-state index contributed by atoms with van der Waals surface area (Å²) in [5.41, 5.74) is -0.533. The number of carbonyl (C=O) groups excluding carboxylic acids is 2. The molecule has 0 bridgehead atoms. The lowest BCUT2D eigenvalue weighted by atomic mass is 9.98. The SMILES string of the molecule is CCCCCCC(=O)N[C@H](C(=O)OC(C)(C)C)[C@@H](C)CC. The molecule has 0 saturated carbocycles. The van der Waals surface area contributed by atoms with Gasteiger partial charge in [0.1, 0.15) is 11.6 Å². The largest absolute Gasteiger partial charge is 0.458 e. The minimum Gasteiger partial charge on any atom is -0.458 e. The van der Waals surface area contributed by atoms with Crippen LogP contribution in [0.25, 0.3) is 0 Å². The van der Waals surface area contributed by atoms with Crippen LogP contribution in [0.4, 0.5) is 0 Å². The topological polar surface area (TPSA) is 55.4 Å². The maximum Gasteiger partial charge on any atom is 0.329 e. The molecule has 0 radical (unpaired) electrons. The van der Waals surface area contributed by atoms with Gasteiger partial charge >= 0.3 is 5.97 Å². The van der Waals surface area contributed by atoms with E-state index in [1.165, 1.54) is 0 Å². The second-order valence-electron chi connectivity index (χ2n) is 6.77. The molecule has 2 atom stereocenters. The highest BCUT2D eigenvalue weighted by Crippen LogP contribution is 2.15. The fourth-order valence-corrected chi connectivity index (χ4v) is 1.99. The van der Waals surface area contributed by atoms with Crippen molar-refractivity contribution in [2.45, 2.75) is 91.7 Å². The van der Waals surface area contributed by atoms with E-state index in [-0.39, 0.29) is 17.8 Å². The Hall–Kier alpha value is -1.06. The maximum atomic E-state index is 12.2. The molecule has 4 heteroatoms. The van der Waals surface area contributed by atoms with Crippen LogP contribution in [0.2, 0.25) is 0 Å². The molecular weight excluding hydrogens is 266 g/mol. The van der Waals surface area contributed by atoms with E-state index in [4.69, 9.17) is 4.74 Å². The first-order chi connectivity index (χ1) is 9.71. The van der Waals surface area contributed by atoms with Gasteiger partial charge in [0, 0.05) is 6.42 Å². The molecule has 0 spiro atoms. The smallest absolute Gasteiger partial charge is 0.329 e. The molecule has 0 unspecified atom stereocenters. The van der Waals surface area contributed by atoms with Crippen LogP contribution in [0.1, 0.15) is 80.1 Å². The van der Waals surface area contributed by atoms with Gasteiger partial charge in [-0.05, 0) is 33.1 Å². The van der Waals surface area contributed by atoms with E-state index in [1.807, 2.05) is 34.6 Å². The molecule has 0 saturated heterocycles. The van der Waals surface area contributed by atoms with Crippen LogP contribution in [0, 0.1) is 5.92 Å². The number of hydrogen-bond acceptors (Lipinski definition) is 3. The average molecular weight is 299 g/mol. The first-order valence-electron chi connectivity index (χ1n) is 8.23. The Morgan fingerprint density at radius 3 is 2.19 bits per heavy atom. The Morgan fingerprint density at radius 2 is 1.71 bits per heavy atom. The van der Waals surface area contributed by atoms with Crippen molar-refractivity contribution in [2.24, 2.45) is 5.92 Å². The van der Waals surface area contributed by atoms with Crippen molar-refractivity contribution in [3.05, 3.63) is 0 Å². The van der Waals surface area contributed by atoms with E-state index in [0.29, 0.717) is 6.42 Å². The van der Waals surface area contributed by atoms with E-state index in [9.17, 15) is 9.59 Å². The third-order valence-electron chi connectivity index (χ3n) is 3.45. The standard InChI is InChI=1S/C17H33NO3/c1-7-9-10-11-12-14(19)18-15(13(3)8-2)16(20)21-17(4,5)6/h13,15H,7-12H2,1-6H3,(H,18,19)/t13-,15-/m0/s1. The molecule has 0 heterocycles. The fraction of sp³-hybridized carbons (Fsp3) is 0.882. The van der Waals surface area contributed by atoms with Gasteiger partial charge in [0.25, 0.3) is 0 Å². The highest BCUT2D eigenvalue weighted by Gasteiger charge is 2.30. The van der Waals surface area contributed by atoms with Gasteiger partial charge in [0.15, 0.2) is 0 Å². The summed E-state index contributed by atoms with van der Waals surface area (Å²) in [5.74, 6) is -0.319. The van der Waals surface area contributed by atoms with Gasteiger partial charge in [0.2, 0.25) is 5.91 Å². The number of carbonyl (C=O) groups is 2. The molecule has 21 heavy (non-hydrogen) atoms. The van der Waals surface area contributed by atoms with Gasteiger partial charge in [-0.15, -0.1) is 0 Å². The lowest BCUT2D eigenvalue weighted by Gasteiger charge is -2.27. The van der Waals surface area contributed by atoms with Crippen LogP contribution in [0.5, 0.6) is 0 Å². The average Bonchev–Trinajstić information content (AvgIpc) is 2.38. The van der Waals surface area contributed by atoms with Crippen molar-refractivity contribution in [3.63, 3.8) is 0 Å².